The molecule has 1 aromatic rings. The third-order valence-corrected chi connectivity index (χ3v) is 3.78. The van der Waals surface area contributed by atoms with Crippen LogP contribution in [0.25, 0.3) is 0 Å². The maximum absolute atomic E-state index is 5.25. The monoisotopic (exact) mass is 303 g/mol. The minimum atomic E-state index is 0.339. The van der Waals surface area contributed by atoms with Crippen LogP contribution in [0, 0.1) is 6.92 Å². The summed E-state index contributed by atoms with van der Waals surface area (Å²) < 4.78 is 8.30. The van der Waals surface area contributed by atoms with Crippen LogP contribution in [-0.2, 0) is 18.2 Å². The van der Waals surface area contributed by atoms with Crippen molar-refractivity contribution in [1.82, 2.24) is 15.1 Å². The summed E-state index contributed by atoms with van der Waals surface area (Å²) in [5.41, 5.74) is 2.25. The quantitative estimate of drug-likeness (QED) is 0.838. The van der Waals surface area contributed by atoms with Crippen molar-refractivity contribution in [2.75, 3.05) is 20.3 Å². The minimum absolute atomic E-state index is 0.339. The molecule has 1 unspecified atom stereocenters. The van der Waals surface area contributed by atoms with Crippen LogP contribution in [0.1, 0.15) is 24.7 Å². The molecule has 1 N–H and O–H groups in total. The van der Waals surface area contributed by atoms with Crippen molar-refractivity contribution >= 4 is 15.9 Å². The molecule has 1 aromatic heterocycles. The van der Waals surface area contributed by atoms with Gasteiger partial charge >= 0.3 is 0 Å². The van der Waals surface area contributed by atoms with Gasteiger partial charge in [-0.3, -0.25) is 4.68 Å². The van der Waals surface area contributed by atoms with Gasteiger partial charge in [0.15, 0.2) is 0 Å². The average molecular weight is 304 g/mol. The first kappa shape index (κ1) is 14.7. The number of halogens is 1. The highest BCUT2D eigenvalue weighted by Gasteiger charge is 2.16. The summed E-state index contributed by atoms with van der Waals surface area (Å²) in [6, 6.07) is 0.339. The number of aromatic nitrogens is 2. The largest absolute Gasteiger partial charge is 0.383 e. The van der Waals surface area contributed by atoms with E-state index in [0.29, 0.717) is 6.04 Å². The van der Waals surface area contributed by atoms with Gasteiger partial charge in [0.2, 0.25) is 0 Å². The van der Waals surface area contributed by atoms with Crippen molar-refractivity contribution in [3.63, 3.8) is 0 Å². The molecule has 1 heterocycles. The summed E-state index contributed by atoms with van der Waals surface area (Å²) in [7, 11) is 3.72. The lowest BCUT2D eigenvalue weighted by molar-refractivity contribution is 0.165. The van der Waals surface area contributed by atoms with Crippen molar-refractivity contribution in [2.45, 2.75) is 32.7 Å². The van der Waals surface area contributed by atoms with Crippen LogP contribution in [0.4, 0.5) is 0 Å². The number of hydrogen-bond donors (Lipinski definition) is 1. The second kappa shape index (κ2) is 7.13. The van der Waals surface area contributed by atoms with E-state index in [9.17, 15) is 0 Å². The van der Waals surface area contributed by atoms with Crippen LogP contribution in [0.2, 0.25) is 0 Å². The molecular formula is C12H22BrN3O. The number of methoxy groups -OCH3 is 1. The first-order chi connectivity index (χ1) is 8.10. The lowest BCUT2D eigenvalue weighted by Crippen LogP contribution is -2.36. The molecular weight excluding hydrogens is 282 g/mol. The average Bonchev–Trinajstić information content (AvgIpc) is 2.53. The van der Waals surface area contributed by atoms with E-state index in [1.165, 1.54) is 5.69 Å². The zero-order valence-electron chi connectivity index (χ0n) is 11.1. The molecule has 0 amide bonds. The number of rotatable bonds is 7. The molecule has 4 nitrogen and oxygen atoms in total. The zero-order valence-corrected chi connectivity index (χ0v) is 12.7. The predicted octanol–water partition coefficient (Wildman–Crippen LogP) is 2.05. The van der Waals surface area contributed by atoms with E-state index in [4.69, 9.17) is 4.74 Å². The highest BCUT2D eigenvalue weighted by Crippen LogP contribution is 2.21. The summed E-state index contributed by atoms with van der Waals surface area (Å²) in [5, 5.41) is 7.90. The Hall–Kier alpha value is -0.390. The molecule has 0 fully saturated rings. The predicted molar refractivity (Wildman–Crippen MR) is 73.3 cm³/mol. The van der Waals surface area contributed by atoms with Crippen LogP contribution in [0.15, 0.2) is 4.47 Å². The molecule has 0 aromatic carbocycles. The van der Waals surface area contributed by atoms with Gasteiger partial charge < -0.3 is 10.1 Å². The first-order valence-corrected chi connectivity index (χ1v) is 6.79. The maximum Gasteiger partial charge on any atom is 0.0738 e. The van der Waals surface area contributed by atoms with Gasteiger partial charge in [-0.05, 0) is 35.8 Å². The molecule has 0 spiro atoms. The number of aryl methyl sites for hydroxylation is 2. The fourth-order valence-electron chi connectivity index (χ4n) is 1.87. The number of hydrogen-bond acceptors (Lipinski definition) is 3. The van der Waals surface area contributed by atoms with Gasteiger partial charge in [-0.25, -0.2) is 0 Å². The Morgan fingerprint density at radius 3 is 2.71 bits per heavy atom. The maximum atomic E-state index is 5.25. The van der Waals surface area contributed by atoms with Crippen LogP contribution >= 0.6 is 15.9 Å². The van der Waals surface area contributed by atoms with Crippen LogP contribution < -0.4 is 5.32 Å². The minimum Gasteiger partial charge on any atom is -0.383 e. The van der Waals surface area contributed by atoms with Gasteiger partial charge in [0.1, 0.15) is 0 Å². The molecule has 0 aliphatic carbocycles. The van der Waals surface area contributed by atoms with Gasteiger partial charge in [0, 0.05) is 26.6 Å². The summed E-state index contributed by atoms with van der Waals surface area (Å²) in [6.45, 7) is 5.92. The van der Waals surface area contributed by atoms with Crippen molar-refractivity contribution in [2.24, 2.45) is 7.05 Å². The van der Waals surface area contributed by atoms with Gasteiger partial charge in [-0.15, -0.1) is 0 Å². The fourth-order valence-corrected chi connectivity index (χ4v) is 2.37. The van der Waals surface area contributed by atoms with Gasteiger partial charge in [-0.1, -0.05) is 6.92 Å². The molecule has 98 valence electrons. The van der Waals surface area contributed by atoms with Gasteiger partial charge in [0.25, 0.3) is 0 Å². The van der Waals surface area contributed by atoms with E-state index in [2.05, 4.69) is 33.3 Å². The lowest BCUT2D eigenvalue weighted by Gasteiger charge is -2.17. The summed E-state index contributed by atoms with van der Waals surface area (Å²) in [4.78, 5) is 0. The number of ether oxygens (including phenoxy) is 1. The van der Waals surface area contributed by atoms with Crippen LogP contribution in [0.3, 0.4) is 0 Å². The lowest BCUT2D eigenvalue weighted by atomic mass is 10.1. The molecule has 0 aliphatic heterocycles. The SMILES string of the molecule is CCCNC(COC)Cc1c(Br)c(C)nn1C. The molecule has 0 radical (unpaired) electrons. The second-order valence-electron chi connectivity index (χ2n) is 4.28. The standard InChI is InChI=1S/C12H22BrN3O/c1-5-6-14-10(8-17-4)7-11-12(13)9(2)15-16(11)3/h10,14H,5-8H2,1-4H3. The van der Waals surface area contributed by atoms with E-state index in [0.717, 1.165) is 36.2 Å². The molecule has 5 heteroatoms. The Morgan fingerprint density at radius 2 is 2.24 bits per heavy atom. The highest BCUT2D eigenvalue weighted by atomic mass is 79.9. The van der Waals surface area contributed by atoms with Gasteiger partial charge in [-0.2, -0.15) is 5.10 Å². The Labute approximate surface area is 112 Å². The first-order valence-electron chi connectivity index (χ1n) is 6.00. The third kappa shape index (κ3) is 4.08. The Balaban J connectivity index is 2.70. The summed E-state index contributed by atoms with van der Waals surface area (Å²) in [5.74, 6) is 0. The normalized spacial score (nSPS) is 13.0. The van der Waals surface area contributed by atoms with Crippen molar-refractivity contribution in [1.29, 1.82) is 0 Å². The molecule has 1 atom stereocenters. The zero-order chi connectivity index (χ0) is 12.8. The molecule has 1 rings (SSSR count). The van der Waals surface area contributed by atoms with E-state index >= 15 is 0 Å². The Kier molecular flexibility index (Phi) is 6.16. The van der Waals surface area contributed by atoms with Crippen molar-refractivity contribution in [3.8, 4) is 0 Å². The fraction of sp³-hybridized carbons (Fsp3) is 0.750. The second-order valence-corrected chi connectivity index (χ2v) is 5.07. The van der Waals surface area contributed by atoms with E-state index in [1.807, 2.05) is 18.7 Å². The summed E-state index contributed by atoms with van der Waals surface area (Å²) in [6.07, 6.45) is 2.05. The Bertz CT molecular complexity index is 352. The van der Waals surface area contributed by atoms with Gasteiger partial charge in [0.05, 0.1) is 22.5 Å². The molecule has 0 saturated heterocycles. The summed E-state index contributed by atoms with van der Waals surface area (Å²) >= 11 is 3.60. The third-order valence-electron chi connectivity index (χ3n) is 2.75. The topological polar surface area (TPSA) is 39.1 Å². The van der Waals surface area contributed by atoms with E-state index in [-0.39, 0.29) is 0 Å². The molecule has 0 aliphatic rings. The van der Waals surface area contributed by atoms with Crippen molar-refractivity contribution in [3.05, 3.63) is 15.9 Å². The number of nitrogens with one attached hydrogen (secondary N) is 1. The Morgan fingerprint density at radius 1 is 1.53 bits per heavy atom. The van der Waals surface area contributed by atoms with Crippen LogP contribution in [0.5, 0.6) is 0 Å². The smallest absolute Gasteiger partial charge is 0.0738 e. The molecule has 0 saturated carbocycles. The highest BCUT2D eigenvalue weighted by molar-refractivity contribution is 9.10. The number of nitrogens with zero attached hydrogens (tertiary/aromatic N) is 2. The molecule has 0 bridgehead atoms. The van der Waals surface area contributed by atoms with E-state index in [1.54, 1.807) is 7.11 Å². The van der Waals surface area contributed by atoms with Crippen molar-refractivity contribution < 1.29 is 4.74 Å². The van der Waals surface area contributed by atoms with E-state index < -0.39 is 0 Å². The molecule has 17 heavy (non-hydrogen) atoms. The van der Waals surface area contributed by atoms with Crippen LogP contribution in [-0.4, -0.2) is 36.1 Å².